The summed E-state index contributed by atoms with van der Waals surface area (Å²) >= 11 is 3.31. The van der Waals surface area contributed by atoms with Crippen molar-refractivity contribution < 1.29 is 14.8 Å². The molecular formula is C11H12BrN3O4. The van der Waals surface area contributed by atoms with Gasteiger partial charge in [0.2, 0.25) is 0 Å². The Morgan fingerprint density at radius 2 is 2.37 bits per heavy atom. The number of aliphatic carboxylic acids is 1. The topological polar surface area (TPSA) is 96.6 Å². The maximum atomic E-state index is 10.9. The van der Waals surface area contributed by atoms with Gasteiger partial charge in [-0.15, -0.1) is 0 Å². The molecule has 1 aromatic rings. The molecular weight excluding hydrogens is 318 g/mol. The Morgan fingerprint density at radius 3 is 2.89 bits per heavy atom. The van der Waals surface area contributed by atoms with Gasteiger partial charge in [-0.1, -0.05) is 0 Å². The molecule has 0 radical (unpaired) electrons. The number of nitro groups is 1. The van der Waals surface area contributed by atoms with E-state index in [1.807, 2.05) is 4.90 Å². The molecule has 0 aromatic carbocycles. The molecule has 19 heavy (non-hydrogen) atoms. The monoisotopic (exact) mass is 329 g/mol. The maximum Gasteiger partial charge on any atom is 0.308 e. The highest BCUT2D eigenvalue weighted by molar-refractivity contribution is 9.10. The van der Waals surface area contributed by atoms with E-state index in [0.29, 0.717) is 35.4 Å². The minimum Gasteiger partial charge on any atom is -0.481 e. The van der Waals surface area contributed by atoms with Crippen LogP contribution in [-0.4, -0.2) is 34.1 Å². The van der Waals surface area contributed by atoms with Gasteiger partial charge in [-0.25, -0.2) is 4.98 Å². The third kappa shape index (κ3) is 2.53. The van der Waals surface area contributed by atoms with Gasteiger partial charge < -0.3 is 10.0 Å². The van der Waals surface area contributed by atoms with Crippen LogP contribution < -0.4 is 4.90 Å². The van der Waals surface area contributed by atoms with Gasteiger partial charge in [0.25, 0.3) is 5.69 Å². The summed E-state index contributed by atoms with van der Waals surface area (Å²) in [5.41, 5.74) is 0.443. The van der Waals surface area contributed by atoms with Crippen molar-refractivity contribution >= 4 is 33.4 Å². The first-order valence-corrected chi connectivity index (χ1v) is 6.48. The summed E-state index contributed by atoms with van der Waals surface area (Å²) in [7, 11) is 0. The van der Waals surface area contributed by atoms with Gasteiger partial charge in [0.15, 0.2) is 0 Å². The fourth-order valence-electron chi connectivity index (χ4n) is 2.11. The molecule has 0 bridgehead atoms. The third-order valence-corrected chi connectivity index (χ3v) is 4.20. The van der Waals surface area contributed by atoms with Gasteiger partial charge in [0.1, 0.15) is 12.0 Å². The molecule has 1 aliphatic rings. The van der Waals surface area contributed by atoms with E-state index in [2.05, 4.69) is 20.9 Å². The van der Waals surface area contributed by atoms with Crippen molar-refractivity contribution in [2.24, 2.45) is 5.92 Å². The van der Waals surface area contributed by atoms with Gasteiger partial charge in [-0.05, 0) is 29.3 Å². The second kappa shape index (κ2) is 5.12. The van der Waals surface area contributed by atoms with Crippen LogP contribution in [0.25, 0.3) is 0 Å². The number of anilines is 1. The predicted octanol–water partition coefficient (Wildman–Crippen LogP) is 1.97. The first-order valence-electron chi connectivity index (χ1n) is 5.69. The van der Waals surface area contributed by atoms with Crippen LogP contribution in [-0.2, 0) is 4.79 Å². The number of pyridine rings is 1. The molecule has 1 atom stereocenters. The lowest BCUT2D eigenvalue weighted by atomic mass is 10.1. The van der Waals surface area contributed by atoms with Crippen LogP contribution in [0.15, 0.2) is 10.7 Å². The summed E-state index contributed by atoms with van der Waals surface area (Å²) in [6.45, 7) is 2.59. The second-order valence-corrected chi connectivity index (χ2v) is 5.23. The molecule has 2 rings (SSSR count). The molecule has 7 nitrogen and oxygen atoms in total. The fourth-order valence-corrected chi connectivity index (χ4v) is 2.67. The van der Waals surface area contributed by atoms with Crippen molar-refractivity contribution in [1.82, 2.24) is 4.98 Å². The molecule has 0 spiro atoms. The predicted molar refractivity (Wildman–Crippen MR) is 71.3 cm³/mol. The summed E-state index contributed by atoms with van der Waals surface area (Å²) in [6.07, 6.45) is 1.77. The van der Waals surface area contributed by atoms with Crippen LogP contribution in [0.3, 0.4) is 0 Å². The number of carboxylic acids is 1. The molecule has 0 amide bonds. The number of carboxylic acid groups (broad SMARTS) is 1. The average Bonchev–Trinajstić information content (AvgIpc) is 2.81. The zero-order chi connectivity index (χ0) is 14.2. The van der Waals surface area contributed by atoms with Crippen molar-refractivity contribution in [1.29, 1.82) is 0 Å². The largest absolute Gasteiger partial charge is 0.481 e. The lowest BCUT2D eigenvalue weighted by Gasteiger charge is -2.19. The normalized spacial score (nSPS) is 18.6. The minimum absolute atomic E-state index is 0.0513. The van der Waals surface area contributed by atoms with E-state index in [1.165, 1.54) is 6.20 Å². The highest BCUT2D eigenvalue weighted by Crippen LogP contribution is 2.34. The smallest absolute Gasteiger partial charge is 0.308 e. The maximum absolute atomic E-state index is 10.9. The molecule has 1 unspecified atom stereocenters. The number of carbonyl (C=O) groups is 1. The van der Waals surface area contributed by atoms with Crippen molar-refractivity contribution in [2.45, 2.75) is 13.3 Å². The van der Waals surface area contributed by atoms with Gasteiger partial charge in [-0.3, -0.25) is 14.9 Å². The van der Waals surface area contributed by atoms with Crippen LogP contribution in [0.4, 0.5) is 11.5 Å². The number of rotatable bonds is 3. The van der Waals surface area contributed by atoms with E-state index >= 15 is 0 Å². The van der Waals surface area contributed by atoms with E-state index in [1.54, 1.807) is 6.92 Å². The Bertz CT molecular complexity index is 549. The van der Waals surface area contributed by atoms with Gasteiger partial charge in [0.05, 0.1) is 15.3 Å². The summed E-state index contributed by atoms with van der Waals surface area (Å²) in [5.74, 6) is -0.673. The summed E-state index contributed by atoms with van der Waals surface area (Å²) < 4.78 is 0.549. The van der Waals surface area contributed by atoms with Crippen LogP contribution in [0.2, 0.25) is 0 Å². The Balaban J connectivity index is 2.30. The van der Waals surface area contributed by atoms with E-state index in [0.717, 1.165) is 0 Å². The second-order valence-electron chi connectivity index (χ2n) is 4.43. The SMILES string of the molecule is Cc1c([N+](=O)[O-])cnc(N2CCC(C(=O)O)C2)c1Br. The molecule has 0 aliphatic carbocycles. The molecule has 0 saturated carbocycles. The lowest BCUT2D eigenvalue weighted by Crippen LogP contribution is -2.24. The zero-order valence-electron chi connectivity index (χ0n) is 10.2. The van der Waals surface area contributed by atoms with Gasteiger partial charge in [-0.2, -0.15) is 0 Å². The van der Waals surface area contributed by atoms with Crippen molar-refractivity contribution in [3.63, 3.8) is 0 Å². The standard InChI is InChI=1S/C11H12BrN3O4/c1-6-8(15(18)19)4-13-10(9(6)12)14-3-2-7(5-14)11(16)17/h4,7H,2-3,5H2,1H3,(H,16,17). The Labute approximate surface area is 117 Å². The van der Waals surface area contributed by atoms with Crippen LogP contribution in [0, 0.1) is 23.0 Å². The Morgan fingerprint density at radius 1 is 1.68 bits per heavy atom. The molecule has 1 N–H and O–H groups in total. The highest BCUT2D eigenvalue weighted by Gasteiger charge is 2.31. The van der Waals surface area contributed by atoms with E-state index in [4.69, 9.17) is 5.11 Å². The third-order valence-electron chi connectivity index (χ3n) is 3.25. The van der Waals surface area contributed by atoms with Gasteiger partial charge in [0, 0.05) is 18.7 Å². The first-order chi connectivity index (χ1) is 8.91. The quantitative estimate of drug-likeness (QED) is 0.672. The molecule has 1 aliphatic heterocycles. The summed E-state index contributed by atoms with van der Waals surface area (Å²) in [6, 6.07) is 0. The molecule has 1 fully saturated rings. The fraction of sp³-hybridized carbons (Fsp3) is 0.455. The number of hydrogen-bond donors (Lipinski definition) is 1. The number of halogens is 1. The van der Waals surface area contributed by atoms with E-state index in [-0.39, 0.29) is 5.69 Å². The molecule has 1 aromatic heterocycles. The van der Waals surface area contributed by atoms with Crippen molar-refractivity contribution in [3.8, 4) is 0 Å². The average molecular weight is 330 g/mol. The zero-order valence-corrected chi connectivity index (χ0v) is 11.8. The Kier molecular flexibility index (Phi) is 3.70. The summed E-state index contributed by atoms with van der Waals surface area (Å²) in [5, 5.41) is 19.8. The van der Waals surface area contributed by atoms with Crippen LogP contribution in [0.1, 0.15) is 12.0 Å². The first kappa shape index (κ1) is 13.7. The minimum atomic E-state index is -0.822. The number of hydrogen-bond acceptors (Lipinski definition) is 5. The Hall–Kier alpha value is -1.70. The molecule has 8 heteroatoms. The number of aromatic nitrogens is 1. The van der Waals surface area contributed by atoms with Crippen LogP contribution >= 0.6 is 15.9 Å². The van der Waals surface area contributed by atoms with Crippen LogP contribution in [0.5, 0.6) is 0 Å². The highest BCUT2D eigenvalue weighted by atomic mass is 79.9. The van der Waals surface area contributed by atoms with Crippen molar-refractivity contribution in [3.05, 3.63) is 26.3 Å². The van der Waals surface area contributed by atoms with E-state index in [9.17, 15) is 14.9 Å². The van der Waals surface area contributed by atoms with Crippen molar-refractivity contribution in [2.75, 3.05) is 18.0 Å². The number of nitrogens with zero attached hydrogens (tertiary/aromatic N) is 3. The van der Waals surface area contributed by atoms with E-state index < -0.39 is 16.8 Å². The molecule has 102 valence electrons. The summed E-state index contributed by atoms with van der Waals surface area (Å²) in [4.78, 5) is 27.2. The lowest BCUT2D eigenvalue weighted by molar-refractivity contribution is -0.385. The molecule has 2 heterocycles. The molecule has 1 saturated heterocycles. The van der Waals surface area contributed by atoms with Gasteiger partial charge >= 0.3 is 5.97 Å².